The minimum atomic E-state index is -0.111. The van der Waals surface area contributed by atoms with Gasteiger partial charge in [-0.05, 0) is 49.6 Å². The molecule has 1 N–H and O–H groups in total. The molecule has 0 bridgehead atoms. The topological polar surface area (TPSA) is 51.3 Å². The van der Waals surface area contributed by atoms with E-state index < -0.39 is 0 Å². The Morgan fingerprint density at radius 2 is 1.70 bits per heavy atom. The van der Waals surface area contributed by atoms with E-state index in [1.165, 1.54) is 21.4 Å². The Labute approximate surface area is 158 Å². The number of hydrogen-bond donors (Lipinski definition) is 1. The third-order valence-corrected chi connectivity index (χ3v) is 5.05. The van der Waals surface area contributed by atoms with Crippen molar-refractivity contribution in [3.63, 3.8) is 0 Å². The summed E-state index contributed by atoms with van der Waals surface area (Å²) in [5.41, 5.74) is 7.36. The number of fused-ring (bicyclic) bond motifs is 3. The highest BCUT2D eigenvalue weighted by molar-refractivity contribution is 5.87. The van der Waals surface area contributed by atoms with Crippen LogP contribution in [0.25, 0.3) is 16.6 Å². The lowest BCUT2D eigenvalue weighted by Crippen LogP contribution is -2.19. The quantitative estimate of drug-likeness (QED) is 0.607. The molecule has 0 fully saturated rings. The summed E-state index contributed by atoms with van der Waals surface area (Å²) >= 11 is 0. The van der Waals surface area contributed by atoms with Gasteiger partial charge in [0.05, 0.1) is 5.52 Å². The molecule has 0 radical (unpaired) electrons. The van der Waals surface area contributed by atoms with Crippen LogP contribution in [0, 0.1) is 20.8 Å². The zero-order valence-electron chi connectivity index (χ0n) is 16.2. The summed E-state index contributed by atoms with van der Waals surface area (Å²) in [6.45, 7) is 7.65. The van der Waals surface area contributed by atoms with Gasteiger partial charge in [0.25, 0.3) is 0 Å². The predicted octanol–water partition coefficient (Wildman–Crippen LogP) is 3.40. The highest BCUT2D eigenvalue weighted by Gasteiger charge is 2.14. The largest absolute Gasteiger partial charge is 0.350 e. The lowest BCUT2D eigenvalue weighted by Gasteiger charge is -2.11. The van der Waals surface area contributed by atoms with Crippen LogP contribution in [0.4, 0.5) is 0 Å². The normalized spacial score (nSPS) is 11.6. The smallest absolute Gasteiger partial charge is 0.308 e. The first kappa shape index (κ1) is 17.5. The number of hydrogen-bond acceptors (Lipinski definition) is 3. The Hall–Kier alpha value is -2.92. The Balaban J connectivity index is 1.76. The monoisotopic (exact) mass is 360 g/mol. The number of rotatable bonds is 4. The standard InChI is InChI=1S/C22H24N4O/c1-14-5-7-17(8-6-14)12-23-13-18-11-19-16(3)9-15(2)10-20(19)26-21(18)24-25(4)22(26)27/h5-11,23H,12-13H2,1-4H3. The van der Waals surface area contributed by atoms with Gasteiger partial charge in [0.15, 0.2) is 5.65 Å². The van der Waals surface area contributed by atoms with Crippen molar-refractivity contribution in [3.8, 4) is 0 Å². The molecule has 0 saturated carbocycles. The molecule has 0 atom stereocenters. The first-order valence-electron chi connectivity index (χ1n) is 9.19. The zero-order chi connectivity index (χ0) is 19.1. The molecule has 0 aliphatic carbocycles. The van der Waals surface area contributed by atoms with Crippen molar-refractivity contribution < 1.29 is 0 Å². The SMILES string of the molecule is Cc1ccc(CNCc2cc3c(C)cc(C)cc3n3c(=O)n(C)nc23)cc1. The van der Waals surface area contributed by atoms with E-state index in [2.05, 4.69) is 73.7 Å². The van der Waals surface area contributed by atoms with Gasteiger partial charge in [0.1, 0.15) is 0 Å². The third-order valence-electron chi connectivity index (χ3n) is 5.05. The van der Waals surface area contributed by atoms with E-state index in [-0.39, 0.29) is 5.69 Å². The molecule has 0 aliphatic rings. The summed E-state index contributed by atoms with van der Waals surface area (Å²) in [5, 5.41) is 9.07. The minimum absolute atomic E-state index is 0.111. The van der Waals surface area contributed by atoms with Crippen LogP contribution in [-0.4, -0.2) is 14.2 Å². The van der Waals surface area contributed by atoms with E-state index >= 15 is 0 Å². The molecule has 0 spiro atoms. The maximum atomic E-state index is 12.7. The molecule has 2 heterocycles. The zero-order valence-corrected chi connectivity index (χ0v) is 16.2. The van der Waals surface area contributed by atoms with Crippen molar-refractivity contribution in [1.82, 2.24) is 19.5 Å². The van der Waals surface area contributed by atoms with Crippen LogP contribution in [0.5, 0.6) is 0 Å². The molecule has 5 heteroatoms. The van der Waals surface area contributed by atoms with Gasteiger partial charge >= 0.3 is 5.69 Å². The van der Waals surface area contributed by atoms with Gasteiger partial charge in [-0.1, -0.05) is 35.9 Å². The van der Waals surface area contributed by atoms with Crippen LogP contribution in [-0.2, 0) is 20.1 Å². The van der Waals surface area contributed by atoms with Gasteiger partial charge in [0, 0.05) is 31.1 Å². The Morgan fingerprint density at radius 1 is 0.963 bits per heavy atom. The van der Waals surface area contributed by atoms with Gasteiger partial charge in [-0.3, -0.25) is 0 Å². The number of aryl methyl sites for hydroxylation is 4. The second-order valence-corrected chi connectivity index (χ2v) is 7.34. The maximum Gasteiger partial charge on any atom is 0.350 e. The summed E-state index contributed by atoms with van der Waals surface area (Å²) in [6.07, 6.45) is 0. The molecule has 5 nitrogen and oxygen atoms in total. The number of benzene rings is 2. The molecule has 0 unspecified atom stereocenters. The van der Waals surface area contributed by atoms with Crippen LogP contribution in [0.15, 0.2) is 47.3 Å². The molecule has 4 rings (SSSR count). The fourth-order valence-corrected chi connectivity index (χ4v) is 3.64. The van der Waals surface area contributed by atoms with E-state index in [0.29, 0.717) is 6.54 Å². The molecule has 2 aromatic carbocycles. The molecule has 0 aliphatic heterocycles. The van der Waals surface area contributed by atoms with Gasteiger partial charge < -0.3 is 5.32 Å². The number of pyridine rings is 1. The molecule has 27 heavy (non-hydrogen) atoms. The van der Waals surface area contributed by atoms with Crippen LogP contribution in [0.3, 0.4) is 0 Å². The minimum Gasteiger partial charge on any atom is -0.308 e. The lowest BCUT2D eigenvalue weighted by molar-refractivity contribution is 0.692. The van der Waals surface area contributed by atoms with Crippen LogP contribution in [0.2, 0.25) is 0 Å². The first-order chi connectivity index (χ1) is 12.9. The van der Waals surface area contributed by atoms with Crippen LogP contribution < -0.4 is 11.0 Å². The molecule has 4 aromatic rings. The summed E-state index contributed by atoms with van der Waals surface area (Å²) < 4.78 is 3.15. The lowest BCUT2D eigenvalue weighted by atomic mass is 10.0. The van der Waals surface area contributed by atoms with Crippen molar-refractivity contribution in [2.75, 3.05) is 0 Å². The van der Waals surface area contributed by atoms with Gasteiger partial charge in [-0.2, -0.15) is 0 Å². The molecule has 0 amide bonds. The fourth-order valence-electron chi connectivity index (χ4n) is 3.64. The highest BCUT2D eigenvalue weighted by Crippen LogP contribution is 2.24. The molecule has 0 saturated heterocycles. The summed E-state index contributed by atoms with van der Waals surface area (Å²) in [6, 6.07) is 14.9. The van der Waals surface area contributed by atoms with E-state index in [1.807, 2.05) is 0 Å². The van der Waals surface area contributed by atoms with Gasteiger partial charge in [0.2, 0.25) is 0 Å². The molecular formula is C22H24N4O. The van der Waals surface area contributed by atoms with Crippen molar-refractivity contribution in [2.45, 2.75) is 33.9 Å². The fraction of sp³-hybridized carbons (Fsp3) is 0.273. The Bertz CT molecular complexity index is 1200. The summed E-state index contributed by atoms with van der Waals surface area (Å²) in [7, 11) is 1.70. The molecule has 138 valence electrons. The second kappa shape index (κ2) is 6.67. The van der Waals surface area contributed by atoms with E-state index in [9.17, 15) is 4.79 Å². The molecule has 2 aromatic heterocycles. The summed E-state index contributed by atoms with van der Waals surface area (Å²) in [5.74, 6) is 0. The predicted molar refractivity (Wildman–Crippen MR) is 109 cm³/mol. The first-order valence-corrected chi connectivity index (χ1v) is 9.19. The third kappa shape index (κ3) is 3.15. The van der Waals surface area contributed by atoms with Crippen molar-refractivity contribution in [1.29, 1.82) is 0 Å². The Kier molecular flexibility index (Phi) is 4.32. The van der Waals surface area contributed by atoms with E-state index in [1.54, 1.807) is 11.4 Å². The highest BCUT2D eigenvalue weighted by atomic mass is 16.2. The van der Waals surface area contributed by atoms with Crippen molar-refractivity contribution in [2.24, 2.45) is 7.05 Å². The maximum absolute atomic E-state index is 12.7. The Morgan fingerprint density at radius 3 is 2.44 bits per heavy atom. The number of nitrogens with zero attached hydrogens (tertiary/aromatic N) is 3. The van der Waals surface area contributed by atoms with Crippen LogP contribution >= 0.6 is 0 Å². The number of nitrogens with one attached hydrogen (secondary N) is 1. The summed E-state index contributed by atoms with van der Waals surface area (Å²) in [4.78, 5) is 12.7. The molecular weight excluding hydrogens is 336 g/mol. The van der Waals surface area contributed by atoms with E-state index in [0.717, 1.165) is 34.2 Å². The van der Waals surface area contributed by atoms with Gasteiger partial charge in [-0.25, -0.2) is 13.9 Å². The van der Waals surface area contributed by atoms with Gasteiger partial charge in [-0.15, -0.1) is 5.10 Å². The second-order valence-electron chi connectivity index (χ2n) is 7.34. The van der Waals surface area contributed by atoms with Crippen molar-refractivity contribution in [3.05, 3.63) is 80.8 Å². The average molecular weight is 360 g/mol. The number of aromatic nitrogens is 3. The van der Waals surface area contributed by atoms with Crippen molar-refractivity contribution >= 4 is 16.6 Å². The van der Waals surface area contributed by atoms with E-state index in [4.69, 9.17) is 0 Å². The average Bonchev–Trinajstić information content (AvgIpc) is 2.93. The van der Waals surface area contributed by atoms with Crippen LogP contribution in [0.1, 0.15) is 27.8 Å².